The molecule has 0 fully saturated rings. The summed E-state index contributed by atoms with van der Waals surface area (Å²) in [6.07, 6.45) is 0. The highest BCUT2D eigenvalue weighted by Crippen LogP contribution is 2.33. The number of azo groups is 2. The predicted octanol–water partition coefficient (Wildman–Crippen LogP) is 6.24. The number of aromatic hydroxyl groups is 2. The van der Waals surface area contributed by atoms with Crippen molar-refractivity contribution in [3.63, 3.8) is 0 Å². The SMILES string of the molecule is O=C(O)c1cc(N=Nc2ccc(-c3ccc(N=Nc4ccc(O)c(C(=O)O)c4)c(S(=O)(=O)O)c3)cc2)ccc1O. The van der Waals surface area contributed by atoms with Crippen LogP contribution in [0.5, 0.6) is 11.5 Å². The Labute approximate surface area is 225 Å². The lowest BCUT2D eigenvalue weighted by Gasteiger charge is -2.07. The van der Waals surface area contributed by atoms with Gasteiger partial charge in [-0.15, -0.1) is 5.11 Å². The molecule has 0 heterocycles. The minimum atomic E-state index is -4.74. The van der Waals surface area contributed by atoms with E-state index in [9.17, 15) is 32.8 Å². The number of carboxylic acid groups (broad SMARTS) is 2. The zero-order valence-corrected chi connectivity index (χ0v) is 20.9. The smallest absolute Gasteiger partial charge is 0.339 e. The van der Waals surface area contributed by atoms with E-state index in [1.54, 1.807) is 24.3 Å². The molecule has 0 atom stereocenters. The van der Waals surface area contributed by atoms with Gasteiger partial charge in [0.1, 0.15) is 33.2 Å². The van der Waals surface area contributed by atoms with Crippen LogP contribution in [0.4, 0.5) is 22.7 Å². The average molecular weight is 563 g/mol. The van der Waals surface area contributed by atoms with Crippen molar-refractivity contribution in [3.05, 3.63) is 90.0 Å². The number of rotatable bonds is 8. The van der Waals surface area contributed by atoms with Gasteiger partial charge in [-0.3, -0.25) is 4.55 Å². The fourth-order valence-electron chi connectivity index (χ4n) is 3.45. The van der Waals surface area contributed by atoms with Gasteiger partial charge in [-0.2, -0.15) is 23.8 Å². The number of benzene rings is 4. The summed E-state index contributed by atoms with van der Waals surface area (Å²) in [5.74, 6) is -3.59. The van der Waals surface area contributed by atoms with Crippen molar-refractivity contribution >= 4 is 44.8 Å². The topological polar surface area (TPSA) is 219 Å². The molecule has 0 amide bonds. The normalized spacial score (nSPS) is 11.7. The zero-order chi connectivity index (χ0) is 29.0. The number of hydrogen-bond acceptors (Lipinski definition) is 10. The fourth-order valence-corrected chi connectivity index (χ4v) is 4.09. The minimum absolute atomic E-state index is 0.0248. The summed E-state index contributed by atoms with van der Waals surface area (Å²) in [6.45, 7) is 0. The average Bonchev–Trinajstić information content (AvgIpc) is 2.91. The van der Waals surface area contributed by atoms with Crippen LogP contribution in [0.2, 0.25) is 0 Å². The van der Waals surface area contributed by atoms with Crippen LogP contribution in [0.25, 0.3) is 11.1 Å². The van der Waals surface area contributed by atoms with Crippen LogP contribution in [0, 0.1) is 0 Å². The molecule has 0 saturated carbocycles. The third-order valence-corrected chi connectivity index (χ3v) is 6.30. The number of phenols is 2. The molecule has 14 heteroatoms. The Morgan fingerprint density at radius 3 is 1.52 bits per heavy atom. The second-order valence-corrected chi connectivity index (χ2v) is 9.51. The molecule has 0 aromatic heterocycles. The largest absolute Gasteiger partial charge is 0.507 e. The van der Waals surface area contributed by atoms with Gasteiger partial charge in [0.2, 0.25) is 0 Å². The highest BCUT2D eigenvalue weighted by Gasteiger charge is 2.18. The number of aromatic carboxylic acids is 2. The number of hydrogen-bond donors (Lipinski definition) is 5. The van der Waals surface area contributed by atoms with E-state index in [0.29, 0.717) is 16.8 Å². The molecule has 0 saturated heterocycles. The van der Waals surface area contributed by atoms with Crippen LogP contribution in [-0.4, -0.2) is 45.3 Å². The predicted molar refractivity (Wildman–Crippen MR) is 140 cm³/mol. The standard InChI is InChI=1S/C26H18N4O9S/c31-22-9-6-17(12-19(22)25(33)34)28-27-16-4-1-14(2-5-16)15-3-8-21(24(11-15)40(37,38)39)30-29-18-7-10-23(32)20(13-18)26(35)36/h1-13,31-32H,(H,33,34)(H,35,36)(H,37,38,39). The van der Waals surface area contributed by atoms with Gasteiger partial charge in [-0.1, -0.05) is 18.2 Å². The molecular weight excluding hydrogens is 544 g/mol. The lowest BCUT2D eigenvalue weighted by atomic mass is 10.1. The number of carboxylic acids is 2. The van der Waals surface area contributed by atoms with E-state index >= 15 is 0 Å². The third kappa shape index (κ3) is 6.32. The lowest BCUT2D eigenvalue weighted by molar-refractivity contribution is 0.0682. The first-order chi connectivity index (χ1) is 18.9. The summed E-state index contributed by atoms with van der Waals surface area (Å²) in [7, 11) is -4.74. The number of nitrogens with zero attached hydrogens (tertiary/aromatic N) is 4. The van der Waals surface area contributed by atoms with E-state index in [2.05, 4.69) is 20.5 Å². The maximum absolute atomic E-state index is 12.1. The summed E-state index contributed by atoms with van der Waals surface area (Å²) >= 11 is 0. The van der Waals surface area contributed by atoms with E-state index in [0.717, 1.165) is 18.2 Å². The molecule has 202 valence electrons. The Hall–Kier alpha value is -5.47. The molecule has 13 nitrogen and oxygen atoms in total. The Morgan fingerprint density at radius 2 is 1.02 bits per heavy atom. The summed E-state index contributed by atoms with van der Waals surface area (Å²) in [4.78, 5) is 21.8. The van der Waals surface area contributed by atoms with Crippen LogP contribution in [0.15, 0.2) is 104 Å². The van der Waals surface area contributed by atoms with Crippen molar-refractivity contribution in [2.24, 2.45) is 20.5 Å². The van der Waals surface area contributed by atoms with E-state index in [4.69, 9.17) is 10.2 Å². The van der Waals surface area contributed by atoms with Crippen molar-refractivity contribution < 1.29 is 43.0 Å². The highest BCUT2D eigenvalue weighted by molar-refractivity contribution is 7.86. The first kappa shape index (κ1) is 27.6. The molecule has 0 spiro atoms. The molecule has 0 radical (unpaired) electrons. The van der Waals surface area contributed by atoms with Crippen molar-refractivity contribution in [3.8, 4) is 22.6 Å². The van der Waals surface area contributed by atoms with Crippen LogP contribution in [0.3, 0.4) is 0 Å². The van der Waals surface area contributed by atoms with Gasteiger partial charge in [0.15, 0.2) is 0 Å². The summed E-state index contributed by atoms with van der Waals surface area (Å²) in [5, 5.41) is 53.0. The third-order valence-electron chi connectivity index (χ3n) is 5.41. The Morgan fingerprint density at radius 1 is 0.575 bits per heavy atom. The van der Waals surface area contributed by atoms with Crippen LogP contribution >= 0.6 is 0 Å². The van der Waals surface area contributed by atoms with Gasteiger partial charge in [0.05, 0.1) is 17.1 Å². The van der Waals surface area contributed by atoms with Gasteiger partial charge in [0.25, 0.3) is 10.1 Å². The van der Waals surface area contributed by atoms with Gasteiger partial charge in [0, 0.05) is 0 Å². The van der Waals surface area contributed by atoms with Gasteiger partial charge in [-0.05, 0) is 71.8 Å². The fraction of sp³-hybridized carbons (Fsp3) is 0. The Kier molecular flexibility index (Phi) is 7.65. The van der Waals surface area contributed by atoms with E-state index < -0.39 is 44.0 Å². The molecule has 4 aromatic rings. The van der Waals surface area contributed by atoms with E-state index in [-0.39, 0.29) is 22.6 Å². The van der Waals surface area contributed by atoms with Crippen molar-refractivity contribution in [2.75, 3.05) is 0 Å². The quantitative estimate of drug-likeness (QED) is 0.121. The molecule has 0 unspecified atom stereocenters. The zero-order valence-electron chi connectivity index (χ0n) is 20.1. The summed E-state index contributed by atoms with van der Waals surface area (Å²) in [6, 6.07) is 17.6. The second kappa shape index (κ2) is 11.1. The first-order valence-electron chi connectivity index (χ1n) is 11.1. The molecule has 0 aliphatic rings. The maximum Gasteiger partial charge on any atom is 0.339 e. The number of carbonyl (C=O) groups is 2. The molecule has 40 heavy (non-hydrogen) atoms. The molecule has 5 N–H and O–H groups in total. The lowest BCUT2D eigenvalue weighted by Crippen LogP contribution is -1.99. The maximum atomic E-state index is 12.1. The van der Waals surface area contributed by atoms with Crippen LogP contribution < -0.4 is 0 Å². The minimum Gasteiger partial charge on any atom is -0.507 e. The van der Waals surface area contributed by atoms with Gasteiger partial charge < -0.3 is 20.4 Å². The van der Waals surface area contributed by atoms with Crippen LogP contribution in [-0.2, 0) is 10.1 Å². The Balaban J connectivity index is 1.60. The van der Waals surface area contributed by atoms with E-state index in [1.807, 2.05) is 0 Å². The molecule has 0 aliphatic heterocycles. The summed E-state index contributed by atoms with van der Waals surface area (Å²) < 4.78 is 33.9. The van der Waals surface area contributed by atoms with E-state index in [1.165, 1.54) is 36.4 Å². The van der Waals surface area contributed by atoms with Crippen molar-refractivity contribution in [1.29, 1.82) is 0 Å². The Bertz CT molecular complexity index is 1800. The highest BCUT2D eigenvalue weighted by atomic mass is 32.2. The van der Waals surface area contributed by atoms with Crippen molar-refractivity contribution in [2.45, 2.75) is 4.90 Å². The summed E-state index contributed by atoms with van der Waals surface area (Å²) in [5.41, 5.74) is 0.618. The second-order valence-electron chi connectivity index (χ2n) is 8.12. The molecular formula is C26H18N4O9S. The van der Waals surface area contributed by atoms with Gasteiger partial charge in [-0.25, -0.2) is 9.59 Å². The monoisotopic (exact) mass is 562 g/mol. The molecule has 4 rings (SSSR count). The van der Waals surface area contributed by atoms with Crippen LogP contribution in [0.1, 0.15) is 20.7 Å². The van der Waals surface area contributed by atoms with Gasteiger partial charge >= 0.3 is 11.9 Å². The first-order valence-corrected chi connectivity index (χ1v) is 12.5. The molecule has 0 bridgehead atoms. The van der Waals surface area contributed by atoms with Crippen molar-refractivity contribution in [1.82, 2.24) is 0 Å². The molecule has 4 aromatic carbocycles. The molecule has 0 aliphatic carbocycles.